The third-order valence-electron chi connectivity index (χ3n) is 11.7. The first-order valence-corrected chi connectivity index (χ1v) is 18.4. The van der Waals surface area contributed by atoms with Crippen molar-refractivity contribution in [1.82, 2.24) is 4.90 Å². The molecule has 4 aliphatic rings. The summed E-state index contributed by atoms with van der Waals surface area (Å²) in [4.78, 5) is 16.1. The molecule has 0 aromatic rings. The van der Waals surface area contributed by atoms with E-state index in [2.05, 4.69) is 18.4 Å². The molecule has 11 heteroatoms. The summed E-state index contributed by atoms with van der Waals surface area (Å²) in [7, 11) is 3.67. The minimum absolute atomic E-state index is 0.114. The van der Waals surface area contributed by atoms with Crippen LogP contribution in [0.1, 0.15) is 101 Å². The molecule has 4 rings (SSSR count). The number of hydrogen-bond acceptors (Lipinski definition) is 11. The molecular formula is C38H65NO10. The third-order valence-corrected chi connectivity index (χ3v) is 11.7. The van der Waals surface area contributed by atoms with E-state index in [1.807, 2.05) is 69.4 Å². The fraction of sp³-hybridized carbons (Fsp3) is 0.868. The lowest BCUT2D eigenvalue weighted by Crippen LogP contribution is -2.59. The summed E-state index contributed by atoms with van der Waals surface area (Å²) in [5, 5.41) is 23.3. The standard InChI is InChI=1S/C38H65NO10/c1-14-28-23(6)30(40)24(7)32-20(3)17-38(11,49-32)34(48-36-31(41)27(39(12)15-2)16-21(4)45-36)25(8)33(26(9)35(42)46-28)47-29-19-37(10,43-13)18-22(5)44-29/h21-25,27-31,33-34,36,40-41H,9,14-19H2,1-8,10-13H3/t21-,22+,23+,24-,25+,27+,28-,29+,30+,31-,33+,34-,36?,37+,38-/m1/s1. The van der Waals surface area contributed by atoms with Crippen LogP contribution in [0.2, 0.25) is 0 Å². The number of likely N-dealkylation sites (N-methyl/N-ethyl adjacent to an activating group) is 1. The Morgan fingerprint density at radius 1 is 0.980 bits per heavy atom. The zero-order chi connectivity index (χ0) is 36.6. The van der Waals surface area contributed by atoms with Crippen molar-refractivity contribution >= 4 is 5.97 Å². The summed E-state index contributed by atoms with van der Waals surface area (Å²) in [5.74, 6) is -1.24. The number of carbonyl (C=O) groups excluding carboxylic acids is 1. The highest BCUT2D eigenvalue weighted by Gasteiger charge is 2.54. The van der Waals surface area contributed by atoms with E-state index in [9.17, 15) is 15.0 Å². The molecule has 0 saturated carbocycles. The predicted molar refractivity (Wildman–Crippen MR) is 185 cm³/mol. The Balaban J connectivity index is 1.81. The molecule has 2 N–H and O–H groups in total. The number of fused-ring (bicyclic) bond motifs is 2. The van der Waals surface area contributed by atoms with Crippen molar-refractivity contribution in [3.63, 3.8) is 0 Å². The highest BCUT2D eigenvalue weighted by Crippen LogP contribution is 2.47. The van der Waals surface area contributed by atoms with Crippen LogP contribution < -0.4 is 0 Å². The summed E-state index contributed by atoms with van der Waals surface area (Å²) < 4.78 is 45.2. The Morgan fingerprint density at radius 2 is 1.65 bits per heavy atom. The molecule has 282 valence electrons. The van der Waals surface area contributed by atoms with Crippen LogP contribution in [0.3, 0.4) is 0 Å². The second kappa shape index (κ2) is 16.0. The molecule has 2 bridgehead atoms. The van der Waals surface area contributed by atoms with Crippen LogP contribution in [-0.2, 0) is 38.0 Å². The molecule has 0 radical (unpaired) electrons. The molecule has 0 aromatic heterocycles. The molecule has 0 amide bonds. The average Bonchev–Trinajstić information content (AvgIpc) is 3.37. The number of hydrogen-bond donors (Lipinski definition) is 2. The summed E-state index contributed by atoms with van der Waals surface area (Å²) in [6.45, 7) is 24.8. The van der Waals surface area contributed by atoms with Crippen LogP contribution in [-0.4, -0.2) is 114 Å². The second-order valence-corrected chi connectivity index (χ2v) is 15.8. The zero-order valence-corrected chi connectivity index (χ0v) is 32.1. The summed E-state index contributed by atoms with van der Waals surface area (Å²) >= 11 is 0. The molecule has 3 fully saturated rings. The fourth-order valence-corrected chi connectivity index (χ4v) is 8.62. The minimum atomic E-state index is -0.980. The van der Waals surface area contributed by atoms with E-state index in [1.54, 1.807) is 7.11 Å². The van der Waals surface area contributed by atoms with Gasteiger partial charge in [-0.1, -0.05) is 41.2 Å². The molecule has 1 unspecified atom stereocenters. The first kappa shape index (κ1) is 40.2. The summed E-state index contributed by atoms with van der Waals surface area (Å²) in [6.07, 6.45) is -3.29. The molecule has 0 spiro atoms. The predicted octanol–water partition coefficient (Wildman–Crippen LogP) is 5.12. The first-order valence-electron chi connectivity index (χ1n) is 18.4. The number of rotatable bonds is 8. The van der Waals surface area contributed by atoms with E-state index in [1.165, 1.54) is 0 Å². The van der Waals surface area contributed by atoms with Crippen molar-refractivity contribution in [3.8, 4) is 0 Å². The number of aliphatic hydroxyl groups excluding tert-OH is 2. The van der Waals surface area contributed by atoms with E-state index in [0.29, 0.717) is 37.9 Å². The molecular weight excluding hydrogens is 630 g/mol. The molecule has 15 atom stereocenters. The highest BCUT2D eigenvalue weighted by atomic mass is 16.7. The number of cyclic esters (lactones) is 1. The number of nitrogens with zero attached hydrogens (tertiary/aromatic N) is 1. The maximum Gasteiger partial charge on any atom is 0.336 e. The Kier molecular flexibility index (Phi) is 13.1. The number of aliphatic hydroxyl groups is 2. The maximum absolute atomic E-state index is 14.0. The van der Waals surface area contributed by atoms with Gasteiger partial charge < -0.3 is 48.3 Å². The quantitative estimate of drug-likeness (QED) is 0.260. The van der Waals surface area contributed by atoms with Gasteiger partial charge in [-0.2, -0.15) is 0 Å². The largest absolute Gasteiger partial charge is 0.489 e. The van der Waals surface area contributed by atoms with Crippen molar-refractivity contribution in [2.45, 2.75) is 174 Å². The number of ether oxygens (including phenoxy) is 7. The van der Waals surface area contributed by atoms with Gasteiger partial charge >= 0.3 is 5.97 Å². The maximum atomic E-state index is 14.0. The number of methoxy groups -OCH3 is 1. The molecule has 0 aliphatic carbocycles. The van der Waals surface area contributed by atoms with E-state index < -0.39 is 66.2 Å². The second-order valence-electron chi connectivity index (χ2n) is 15.8. The van der Waals surface area contributed by atoms with Crippen LogP contribution in [0.25, 0.3) is 0 Å². The summed E-state index contributed by atoms with van der Waals surface area (Å²) in [5.41, 5.74) is -0.349. The van der Waals surface area contributed by atoms with Gasteiger partial charge in [0.25, 0.3) is 0 Å². The van der Waals surface area contributed by atoms with Gasteiger partial charge in [0.2, 0.25) is 0 Å². The van der Waals surface area contributed by atoms with Gasteiger partial charge in [0.15, 0.2) is 12.6 Å². The van der Waals surface area contributed by atoms with Crippen LogP contribution in [0.5, 0.6) is 0 Å². The van der Waals surface area contributed by atoms with Gasteiger partial charge in [-0.15, -0.1) is 0 Å². The lowest BCUT2D eigenvalue weighted by atomic mass is 9.80. The van der Waals surface area contributed by atoms with Crippen molar-refractivity contribution < 1.29 is 48.2 Å². The first-order chi connectivity index (χ1) is 22.9. The van der Waals surface area contributed by atoms with Crippen molar-refractivity contribution in [2.24, 2.45) is 17.8 Å². The van der Waals surface area contributed by atoms with Gasteiger partial charge in [0.05, 0.1) is 35.6 Å². The van der Waals surface area contributed by atoms with Crippen molar-refractivity contribution in [2.75, 3.05) is 20.7 Å². The molecule has 11 nitrogen and oxygen atoms in total. The van der Waals surface area contributed by atoms with Gasteiger partial charge in [-0.05, 0) is 66.6 Å². The molecule has 3 saturated heterocycles. The van der Waals surface area contributed by atoms with Gasteiger partial charge in [0.1, 0.15) is 29.7 Å². The van der Waals surface area contributed by atoms with Gasteiger partial charge in [-0.25, -0.2) is 4.79 Å². The highest BCUT2D eigenvalue weighted by molar-refractivity contribution is 5.89. The lowest BCUT2D eigenvalue weighted by Gasteiger charge is -2.47. The van der Waals surface area contributed by atoms with Crippen molar-refractivity contribution in [1.29, 1.82) is 0 Å². The summed E-state index contributed by atoms with van der Waals surface area (Å²) in [6, 6.07) is -0.181. The topological polar surface area (TPSA) is 125 Å². The normalized spacial score (nSPS) is 45.7. The van der Waals surface area contributed by atoms with Crippen LogP contribution in [0.4, 0.5) is 0 Å². The number of esters is 1. The Bertz CT molecular complexity index is 1200. The monoisotopic (exact) mass is 695 g/mol. The van der Waals surface area contributed by atoms with Crippen molar-refractivity contribution in [3.05, 3.63) is 23.5 Å². The van der Waals surface area contributed by atoms with E-state index in [0.717, 1.165) is 12.1 Å². The van der Waals surface area contributed by atoms with Gasteiger partial charge in [0, 0.05) is 50.2 Å². The average molecular weight is 696 g/mol. The smallest absolute Gasteiger partial charge is 0.336 e. The molecule has 4 heterocycles. The Hall–Kier alpha value is -1.57. The van der Waals surface area contributed by atoms with Crippen LogP contribution in [0, 0.1) is 17.8 Å². The SMILES string of the molecule is C=C1C(=O)O[C@H](CC)[C@H](C)[C@H](O)[C@@H](C)C2=C(C)C[C@@](C)(O2)[C@H](OC2O[C@H](C)C[C@H](N(C)CC)[C@H]2O)[C@@H](C)[C@@H]1O[C@H]1C[C@@](C)(OC)C[C@H](C)O1. The van der Waals surface area contributed by atoms with Gasteiger partial charge in [-0.3, -0.25) is 0 Å². The fourth-order valence-electron chi connectivity index (χ4n) is 8.62. The molecule has 49 heavy (non-hydrogen) atoms. The third kappa shape index (κ3) is 8.57. The van der Waals surface area contributed by atoms with E-state index in [4.69, 9.17) is 33.2 Å². The Labute approximate surface area is 294 Å². The zero-order valence-electron chi connectivity index (χ0n) is 32.1. The minimum Gasteiger partial charge on any atom is -0.489 e. The lowest BCUT2D eigenvalue weighted by molar-refractivity contribution is -0.304. The van der Waals surface area contributed by atoms with E-state index in [-0.39, 0.29) is 35.7 Å². The Morgan fingerprint density at radius 3 is 2.27 bits per heavy atom. The number of carbonyl (C=O) groups is 1. The molecule has 0 aromatic carbocycles. The molecule has 4 aliphatic heterocycles. The van der Waals surface area contributed by atoms with E-state index >= 15 is 0 Å². The van der Waals surface area contributed by atoms with Crippen LogP contribution >= 0.6 is 0 Å². The van der Waals surface area contributed by atoms with Crippen LogP contribution in [0.15, 0.2) is 23.5 Å².